The fourth-order valence-electron chi connectivity index (χ4n) is 1.02. The molecule has 1 heterocycles. The van der Waals surface area contributed by atoms with E-state index in [4.69, 9.17) is 0 Å². The third-order valence-corrected chi connectivity index (χ3v) is 2.24. The lowest BCUT2D eigenvalue weighted by atomic mass is 10.2. The highest BCUT2D eigenvalue weighted by atomic mass is 79.9. The van der Waals surface area contributed by atoms with Crippen molar-refractivity contribution in [2.45, 2.75) is 18.2 Å². The van der Waals surface area contributed by atoms with E-state index in [0.717, 1.165) is 6.42 Å². The van der Waals surface area contributed by atoms with Crippen molar-refractivity contribution in [1.82, 2.24) is 10.3 Å². The summed E-state index contributed by atoms with van der Waals surface area (Å²) in [4.78, 5) is 15.0. The van der Waals surface area contributed by atoms with Gasteiger partial charge in [0.2, 0.25) is 5.91 Å². The number of nitrogens with one attached hydrogen (secondary N) is 1. The summed E-state index contributed by atoms with van der Waals surface area (Å²) in [6, 6.07) is 3.90. The minimum Gasteiger partial charge on any atom is -0.355 e. The molecule has 1 rings (SSSR count). The number of aromatic nitrogens is 1. The molecule has 1 unspecified atom stereocenters. The van der Waals surface area contributed by atoms with Crippen molar-refractivity contribution < 1.29 is 4.79 Å². The van der Waals surface area contributed by atoms with Crippen LogP contribution in [0.3, 0.4) is 0 Å². The Kier molecular flexibility index (Phi) is 4.59. The minimum absolute atomic E-state index is 0.0269. The molecule has 0 saturated carbocycles. The molecule has 0 aliphatic rings. The highest BCUT2D eigenvalue weighted by molar-refractivity contribution is 9.10. The smallest absolute Gasteiger partial charge is 0.233 e. The average Bonchev–Trinajstić information content (AvgIpc) is 2.19. The van der Waals surface area contributed by atoms with Crippen LogP contribution < -0.4 is 5.32 Å². The standard InChI is InChI=1S/C10H13BrN2O/c1-8(11)10(14)13-7-4-9-2-5-12-6-3-9/h2-3,5-6,8H,4,7H2,1H3,(H,13,14). The van der Waals surface area contributed by atoms with Gasteiger partial charge in [-0.3, -0.25) is 9.78 Å². The maximum atomic E-state index is 11.2. The number of hydrogen-bond donors (Lipinski definition) is 1. The topological polar surface area (TPSA) is 42.0 Å². The number of pyridine rings is 1. The Hall–Kier alpha value is -0.900. The van der Waals surface area contributed by atoms with Gasteiger partial charge in [0.05, 0.1) is 4.83 Å². The molecule has 76 valence electrons. The van der Waals surface area contributed by atoms with Crippen molar-refractivity contribution in [2.75, 3.05) is 6.54 Å². The molecule has 1 N–H and O–H groups in total. The van der Waals surface area contributed by atoms with Crippen molar-refractivity contribution in [3.63, 3.8) is 0 Å². The monoisotopic (exact) mass is 256 g/mol. The van der Waals surface area contributed by atoms with E-state index in [1.807, 2.05) is 19.1 Å². The summed E-state index contributed by atoms with van der Waals surface area (Å²) >= 11 is 3.20. The van der Waals surface area contributed by atoms with Gasteiger partial charge in [-0.15, -0.1) is 0 Å². The van der Waals surface area contributed by atoms with Crippen LogP contribution >= 0.6 is 15.9 Å². The molecule has 0 aliphatic heterocycles. The zero-order valence-electron chi connectivity index (χ0n) is 8.03. The number of carbonyl (C=O) groups excluding carboxylic acids is 1. The third-order valence-electron chi connectivity index (χ3n) is 1.82. The van der Waals surface area contributed by atoms with Crippen LogP contribution in [0.2, 0.25) is 0 Å². The second-order valence-electron chi connectivity index (χ2n) is 3.01. The molecule has 1 aromatic heterocycles. The minimum atomic E-state index is -0.125. The second kappa shape index (κ2) is 5.75. The van der Waals surface area contributed by atoms with Crippen molar-refractivity contribution in [3.05, 3.63) is 30.1 Å². The first-order valence-corrected chi connectivity index (χ1v) is 5.42. The summed E-state index contributed by atoms with van der Waals surface area (Å²) in [5, 5.41) is 2.82. The number of carbonyl (C=O) groups is 1. The molecule has 3 nitrogen and oxygen atoms in total. The maximum absolute atomic E-state index is 11.2. The van der Waals surface area contributed by atoms with Crippen LogP contribution in [0.15, 0.2) is 24.5 Å². The van der Waals surface area contributed by atoms with Gasteiger partial charge in [-0.25, -0.2) is 0 Å². The average molecular weight is 257 g/mol. The molecule has 1 atom stereocenters. The highest BCUT2D eigenvalue weighted by Crippen LogP contribution is 1.98. The summed E-state index contributed by atoms with van der Waals surface area (Å²) < 4.78 is 0. The Morgan fingerprint density at radius 1 is 1.57 bits per heavy atom. The van der Waals surface area contributed by atoms with Crippen LogP contribution in [-0.2, 0) is 11.2 Å². The Balaban J connectivity index is 2.26. The van der Waals surface area contributed by atoms with Crippen molar-refractivity contribution in [3.8, 4) is 0 Å². The molecule has 0 saturated heterocycles. The van der Waals surface area contributed by atoms with Gasteiger partial charge < -0.3 is 5.32 Å². The van der Waals surface area contributed by atoms with Crippen LogP contribution in [0.4, 0.5) is 0 Å². The first-order valence-electron chi connectivity index (χ1n) is 4.51. The van der Waals surface area contributed by atoms with E-state index < -0.39 is 0 Å². The number of amides is 1. The van der Waals surface area contributed by atoms with E-state index in [2.05, 4.69) is 26.2 Å². The van der Waals surface area contributed by atoms with Gasteiger partial charge in [-0.2, -0.15) is 0 Å². The summed E-state index contributed by atoms with van der Waals surface area (Å²) in [6.07, 6.45) is 4.35. The molecule has 1 amide bonds. The third kappa shape index (κ3) is 3.87. The molecular weight excluding hydrogens is 244 g/mol. The van der Waals surface area contributed by atoms with Crippen molar-refractivity contribution in [1.29, 1.82) is 0 Å². The number of rotatable bonds is 4. The van der Waals surface area contributed by atoms with Gasteiger partial charge in [-0.05, 0) is 31.0 Å². The number of hydrogen-bond acceptors (Lipinski definition) is 2. The Bertz CT molecular complexity index is 287. The van der Waals surface area contributed by atoms with Crippen LogP contribution in [0.1, 0.15) is 12.5 Å². The first-order chi connectivity index (χ1) is 6.70. The summed E-state index contributed by atoms with van der Waals surface area (Å²) in [5.74, 6) is 0.0269. The van der Waals surface area contributed by atoms with Crippen LogP contribution in [0.25, 0.3) is 0 Å². The Labute approximate surface area is 92.1 Å². The highest BCUT2D eigenvalue weighted by Gasteiger charge is 2.06. The van der Waals surface area contributed by atoms with E-state index >= 15 is 0 Å². The zero-order valence-corrected chi connectivity index (χ0v) is 9.62. The van der Waals surface area contributed by atoms with Gasteiger partial charge in [-0.1, -0.05) is 15.9 Å². The van der Waals surface area contributed by atoms with Gasteiger partial charge in [0, 0.05) is 18.9 Å². The molecule has 0 radical (unpaired) electrons. The Morgan fingerprint density at radius 3 is 2.79 bits per heavy atom. The van der Waals surface area contributed by atoms with E-state index in [0.29, 0.717) is 6.54 Å². The molecule has 0 aliphatic carbocycles. The lowest BCUT2D eigenvalue weighted by Gasteiger charge is -2.06. The van der Waals surface area contributed by atoms with E-state index in [9.17, 15) is 4.79 Å². The van der Waals surface area contributed by atoms with Gasteiger partial charge in [0.25, 0.3) is 0 Å². The quantitative estimate of drug-likeness (QED) is 0.831. The molecule has 1 aromatic rings. The molecule has 0 aromatic carbocycles. The van der Waals surface area contributed by atoms with E-state index in [1.165, 1.54) is 5.56 Å². The van der Waals surface area contributed by atoms with Gasteiger partial charge >= 0.3 is 0 Å². The van der Waals surface area contributed by atoms with Gasteiger partial charge in [0.15, 0.2) is 0 Å². The number of halogens is 1. The normalized spacial score (nSPS) is 12.1. The zero-order chi connectivity index (χ0) is 10.4. The van der Waals surface area contributed by atoms with E-state index in [1.54, 1.807) is 12.4 Å². The number of nitrogens with zero attached hydrogens (tertiary/aromatic N) is 1. The van der Waals surface area contributed by atoms with Gasteiger partial charge in [0.1, 0.15) is 0 Å². The maximum Gasteiger partial charge on any atom is 0.233 e. The lowest BCUT2D eigenvalue weighted by Crippen LogP contribution is -2.30. The fourth-order valence-corrected chi connectivity index (χ4v) is 1.18. The van der Waals surface area contributed by atoms with Crippen LogP contribution in [0, 0.1) is 0 Å². The van der Waals surface area contributed by atoms with Crippen molar-refractivity contribution in [2.24, 2.45) is 0 Å². The largest absolute Gasteiger partial charge is 0.355 e. The summed E-state index contributed by atoms with van der Waals surface area (Å²) in [7, 11) is 0. The second-order valence-corrected chi connectivity index (χ2v) is 4.39. The fraction of sp³-hybridized carbons (Fsp3) is 0.400. The summed E-state index contributed by atoms with van der Waals surface area (Å²) in [6.45, 7) is 2.47. The SMILES string of the molecule is CC(Br)C(=O)NCCc1ccncc1. The van der Waals surface area contributed by atoms with Crippen LogP contribution in [0.5, 0.6) is 0 Å². The number of alkyl halides is 1. The molecule has 4 heteroatoms. The summed E-state index contributed by atoms with van der Waals surface area (Å²) in [5.41, 5.74) is 1.18. The molecule has 14 heavy (non-hydrogen) atoms. The van der Waals surface area contributed by atoms with Crippen LogP contribution in [-0.4, -0.2) is 22.3 Å². The Morgan fingerprint density at radius 2 is 2.21 bits per heavy atom. The molecule has 0 fully saturated rings. The van der Waals surface area contributed by atoms with Crippen molar-refractivity contribution >= 4 is 21.8 Å². The predicted molar refractivity (Wildman–Crippen MR) is 59.3 cm³/mol. The molecule has 0 bridgehead atoms. The predicted octanol–water partition coefficient (Wildman–Crippen LogP) is 1.52. The molecule has 0 spiro atoms. The van der Waals surface area contributed by atoms with E-state index in [-0.39, 0.29) is 10.7 Å². The lowest BCUT2D eigenvalue weighted by molar-refractivity contribution is -0.120. The first kappa shape index (κ1) is 11.2. The molecular formula is C10H13BrN2O.